The molecule has 0 bridgehead atoms. The van der Waals surface area contributed by atoms with Crippen molar-refractivity contribution in [1.82, 2.24) is 14.9 Å². The largest absolute Gasteiger partial charge is 0.331 e. The smallest absolute Gasteiger partial charge is 0.290 e. The fraction of sp³-hybridized carbons (Fsp3) is 0.278. The van der Waals surface area contributed by atoms with Crippen molar-refractivity contribution in [2.75, 3.05) is 6.54 Å². The molecule has 1 N–H and O–H groups in total. The Kier molecular flexibility index (Phi) is 4.05. The summed E-state index contributed by atoms with van der Waals surface area (Å²) in [5.41, 5.74) is 3.29. The minimum absolute atomic E-state index is 0.142. The standard InChI is InChI=1S/C18H19FN4O/c1-5-12-11(3)23(9-8-14(12)20-4)18(24)17-21-15-10(2)6-7-13(19)16(15)22-17/h5-7,11H,1,4,8-9H2,2-3H3,(H,21,22)/t11-/m1/s1. The summed E-state index contributed by atoms with van der Waals surface area (Å²) < 4.78 is 13.9. The van der Waals surface area contributed by atoms with Gasteiger partial charge in [-0.1, -0.05) is 18.7 Å². The first-order valence-corrected chi connectivity index (χ1v) is 7.76. The molecule has 1 aromatic carbocycles. The highest BCUT2D eigenvalue weighted by atomic mass is 19.1. The van der Waals surface area contributed by atoms with Gasteiger partial charge in [0.05, 0.1) is 11.6 Å². The Morgan fingerprint density at radius 1 is 1.54 bits per heavy atom. The number of aromatic amines is 1. The van der Waals surface area contributed by atoms with Crippen LogP contribution in [0.2, 0.25) is 0 Å². The van der Waals surface area contributed by atoms with E-state index in [0.29, 0.717) is 18.5 Å². The maximum absolute atomic E-state index is 13.9. The second-order valence-corrected chi connectivity index (χ2v) is 5.86. The van der Waals surface area contributed by atoms with Crippen LogP contribution in [-0.4, -0.2) is 40.1 Å². The van der Waals surface area contributed by atoms with Gasteiger partial charge in [-0.05, 0) is 37.8 Å². The van der Waals surface area contributed by atoms with Crippen molar-refractivity contribution < 1.29 is 9.18 Å². The number of aliphatic imine (C=N–C) groups is 1. The summed E-state index contributed by atoms with van der Waals surface area (Å²) in [5, 5.41) is 0. The van der Waals surface area contributed by atoms with Crippen molar-refractivity contribution in [3.63, 3.8) is 0 Å². The first kappa shape index (κ1) is 16.1. The lowest BCUT2D eigenvalue weighted by molar-refractivity contribution is 0.0698. The van der Waals surface area contributed by atoms with Crippen molar-refractivity contribution in [2.45, 2.75) is 26.3 Å². The molecule has 3 rings (SSSR count). The van der Waals surface area contributed by atoms with Crippen LogP contribution in [0.15, 0.2) is 41.1 Å². The Bertz CT molecular complexity index is 842. The SMILES string of the molecule is C=CC1=C(N=C)CCN(C(=O)c2nc3c(C)ccc(F)c3[nH]2)[C@@H]1C. The molecule has 1 aromatic heterocycles. The van der Waals surface area contributed by atoms with Gasteiger partial charge < -0.3 is 9.88 Å². The van der Waals surface area contributed by atoms with Gasteiger partial charge in [0.1, 0.15) is 11.3 Å². The molecule has 0 unspecified atom stereocenters. The molecule has 0 radical (unpaired) electrons. The predicted molar refractivity (Wildman–Crippen MR) is 92.7 cm³/mol. The number of carbonyl (C=O) groups is 1. The molecular weight excluding hydrogens is 307 g/mol. The maximum Gasteiger partial charge on any atom is 0.290 e. The van der Waals surface area contributed by atoms with Gasteiger partial charge in [0, 0.05) is 18.7 Å². The molecule has 1 aliphatic rings. The summed E-state index contributed by atoms with van der Waals surface area (Å²) in [6.45, 7) is 11.6. The molecule has 0 saturated heterocycles. The quantitative estimate of drug-likeness (QED) is 0.879. The van der Waals surface area contributed by atoms with Gasteiger partial charge in [-0.2, -0.15) is 0 Å². The molecule has 2 heterocycles. The number of nitrogens with one attached hydrogen (secondary N) is 1. The van der Waals surface area contributed by atoms with Crippen molar-refractivity contribution in [3.8, 4) is 0 Å². The molecule has 0 spiro atoms. The van der Waals surface area contributed by atoms with Gasteiger partial charge in [-0.3, -0.25) is 9.79 Å². The molecule has 1 aliphatic heterocycles. The number of benzene rings is 1. The number of amides is 1. The van der Waals surface area contributed by atoms with Crippen LogP contribution in [0.3, 0.4) is 0 Å². The summed E-state index contributed by atoms with van der Waals surface area (Å²) in [5.74, 6) is -0.540. The van der Waals surface area contributed by atoms with Gasteiger partial charge in [-0.25, -0.2) is 9.37 Å². The highest BCUT2D eigenvalue weighted by Crippen LogP contribution is 2.27. The highest BCUT2D eigenvalue weighted by molar-refractivity contribution is 5.95. The number of imidazole rings is 1. The van der Waals surface area contributed by atoms with E-state index in [1.807, 2.05) is 13.8 Å². The minimum Gasteiger partial charge on any atom is -0.331 e. The van der Waals surface area contributed by atoms with Crippen LogP contribution in [0, 0.1) is 12.7 Å². The number of hydrogen-bond donors (Lipinski definition) is 1. The number of fused-ring (bicyclic) bond motifs is 1. The Labute approximate surface area is 139 Å². The Morgan fingerprint density at radius 3 is 2.92 bits per heavy atom. The summed E-state index contributed by atoms with van der Waals surface area (Å²) in [7, 11) is 0. The van der Waals surface area contributed by atoms with E-state index in [9.17, 15) is 9.18 Å². The molecule has 1 amide bonds. The average molecular weight is 326 g/mol. The van der Waals surface area contributed by atoms with Crippen molar-refractivity contribution >= 4 is 23.7 Å². The molecule has 5 nitrogen and oxygen atoms in total. The summed E-state index contributed by atoms with van der Waals surface area (Å²) >= 11 is 0. The first-order valence-electron chi connectivity index (χ1n) is 7.76. The van der Waals surface area contributed by atoms with Crippen LogP contribution in [0.1, 0.15) is 29.5 Å². The molecule has 6 heteroatoms. The summed E-state index contributed by atoms with van der Waals surface area (Å²) in [6, 6.07) is 2.83. The van der Waals surface area contributed by atoms with Crippen LogP contribution in [0.5, 0.6) is 0 Å². The van der Waals surface area contributed by atoms with E-state index in [4.69, 9.17) is 0 Å². The van der Waals surface area contributed by atoms with Crippen LogP contribution in [0.4, 0.5) is 4.39 Å². The Hall–Kier alpha value is -2.76. The van der Waals surface area contributed by atoms with E-state index in [1.54, 1.807) is 17.0 Å². The number of hydrogen-bond acceptors (Lipinski definition) is 3. The monoisotopic (exact) mass is 326 g/mol. The lowest BCUT2D eigenvalue weighted by Gasteiger charge is -2.34. The van der Waals surface area contributed by atoms with E-state index in [0.717, 1.165) is 16.8 Å². The molecule has 0 saturated carbocycles. The fourth-order valence-electron chi connectivity index (χ4n) is 3.14. The predicted octanol–water partition coefficient (Wildman–Crippen LogP) is 3.39. The lowest BCUT2D eigenvalue weighted by atomic mass is 9.98. The van der Waals surface area contributed by atoms with Gasteiger partial charge in [0.15, 0.2) is 5.82 Å². The third kappa shape index (κ3) is 2.44. The third-order valence-electron chi connectivity index (χ3n) is 4.51. The topological polar surface area (TPSA) is 61.4 Å². The Balaban J connectivity index is 2.00. The number of carbonyl (C=O) groups excluding carboxylic acids is 1. The molecule has 0 fully saturated rings. The number of H-pyrrole nitrogens is 1. The number of rotatable bonds is 3. The molecular formula is C18H19FN4O. The Morgan fingerprint density at radius 2 is 2.29 bits per heavy atom. The molecule has 124 valence electrons. The van der Waals surface area contributed by atoms with Crippen LogP contribution in [-0.2, 0) is 0 Å². The zero-order valence-electron chi connectivity index (χ0n) is 13.8. The number of nitrogens with zero attached hydrogens (tertiary/aromatic N) is 3. The third-order valence-corrected chi connectivity index (χ3v) is 4.51. The van der Waals surface area contributed by atoms with Gasteiger partial charge in [0.2, 0.25) is 0 Å². The fourth-order valence-corrected chi connectivity index (χ4v) is 3.14. The van der Waals surface area contributed by atoms with Gasteiger partial charge >= 0.3 is 0 Å². The van der Waals surface area contributed by atoms with E-state index in [2.05, 4.69) is 28.3 Å². The molecule has 2 aromatic rings. The number of aromatic nitrogens is 2. The van der Waals surface area contributed by atoms with Crippen LogP contribution >= 0.6 is 0 Å². The van der Waals surface area contributed by atoms with E-state index < -0.39 is 5.82 Å². The zero-order valence-corrected chi connectivity index (χ0v) is 13.8. The first-order chi connectivity index (χ1) is 11.5. The zero-order chi connectivity index (χ0) is 17.4. The van der Waals surface area contributed by atoms with Crippen molar-refractivity contribution in [1.29, 1.82) is 0 Å². The summed E-state index contributed by atoms with van der Waals surface area (Å²) in [4.78, 5) is 25.7. The second kappa shape index (κ2) is 6.03. The average Bonchev–Trinajstić information content (AvgIpc) is 3.04. The number of aryl methyl sites for hydroxylation is 1. The van der Waals surface area contributed by atoms with E-state index in [-0.39, 0.29) is 23.3 Å². The molecule has 24 heavy (non-hydrogen) atoms. The highest BCUT2D eigenvalue weighted by Gasteiger charge is 2.30. The maximum atomic E-state index is 13.9. The van der Waals surface area contributed by atoms with Crippen LogP contribution in [0.25, 0.3) is 11.0 Å². The molecule has 0 aliphatic carbocycles. The molecule has 1 atom stereocenters. The lowest BCUT2D eigenvalue weighted by Crippen LogP contribution is -2.43. The van der Waals surface area contributed by atoms with Gasteiger partial charge in [-0.15, -0.1) is 0 Å². The van der Waals surface area contributed by atoms with E-state index in [1.165, 1.54) is 6.07 Å². The van der Waals surface area contributed by atoms with Crippen molar-refractivity contribution in [2.24, 2.45) is 4.99 Å². The normalized spacial score (nSPS) is 18.1. The summed E-state index contributed by atoms with van der Waals surface area (Å²) in [6.07, 6.45) is 2.31. The minimum atomic E-state index is -0.418. The second-order valence-electron chi connectivity index (χ2n) is 5.86. The number of halogens is 1. The van der Waals surface area contributed by atoms with Gasteiger partial charge in [0.25, 0.3) is 5.91 Å². The van der Waals surface area contributed by atoms with Crippen molar-refractivity contribution in [3.05, 3.63) is 53.3 Å². The van der Waals surface area contributed by atoms with E-state index >= 15 is 0 Å². The van der Waals surface area contributed by atoms with Crippen LogP contribution < -0.4 is 0 Å².